The second-order valence-corrected chi connectivity index (χ2v) is 4.44. The molecule has 0 saturated carbocycles. The van der Waals surface area contributed by atoms with Gasteiger partial charge in [0.25, 0.3) is 0 Å². The van der Waals surface area contributed by atoms with E-state index >= 15 is 0 Å². The van der Waals surface area contributed by atoms with Crippen molar-refractivity contribution >= 4 is 11.3 Å². The van der Waals surface area contributed by atoms with Crippen LogP contribution in [0, 0.1) is 6.92 Å². The van der Waals surface area contributed by atoms with Crippen molar-refractivity contribution in [2.75, 3.05) is 13.1 Å². The lowest BCUT2D eigenvalue weighted by Gasteiger charge is -2.10. The summed E-state index contributed by atoms with van der Waals surface area (Å²) >= 11 is 1.75. The zero-order chi connectivity index (χ0) is 8.55. The Labute approximate surface area is 76.2 Å². The van der Waals surface area contributed by atoms with Crippen LogP contribution in [0.3, 0.4) is 0 Å². The molecule has 1 aromatic rings. The number of nitrogens with one attached hydrogen (secondary N) is 1. The fraction of sp³-hybridized carbons (Fsp3) is 0.556. The average molecular weight is 183 g/mol. The summed E-state index contributed by atoms with van der Waals surface area (Å²) in [7, 11) is 0. The highest BCUT2D eigenvalue weighted by atomic mass is 32.1. The lowest BCUT2D eigenvalue weighted by molar-refractivity contribution is 0.178. The standard InChI is InChI=1S/C9H13NOS/c1-6-2-7(5-12-6)8-3-10-4-9(8)11/h2,5,8-11H,3-4H2,1H3/t8-,9+/m0/s1. The number of aliphatic hydroxyl groups is 1. The SMILES string of the molecule is Cc1cc([C@@H]2CNC[C@H]2O)cs1. The van der Waals surface area contributed by atoms with Crippen LogP contribution in [0.25, 0.3) is 0 Å². The predicted octanol–water partition coefficient (Wildman–Crippen LogP) is 1.10. The number of hydrogen-bond donors (Lipinski definition) is 2. The van der Waals surface area contributed by atoms with Gasteiger partial charge in [0, 0.05) is 23.9 Å². The Bertz CT molecular complexity index is 271. The minimum atomic E-state index is -0.195. The molecule has 1 aromatic heterocycles. The third-order valence-corrected chi connectivity index (χ3v) is 3.24. The Morgan fingerprint density at radius 3 is 2.92 bits per heavy atom. The highest BCUT2D eigenvalue weighted by molar-refractivity contribution is 7.10. The van der Waals surface area contributed by atoms with Crippen LogP contribution in [0.1, 0.15) is 16.4 Å². The maximum atomic E-state index is 9.59. The molecule has 0 unspecified atom stereocenters. The first kappa shape index (κ1) is 8.23. The van der Waals surface area contributed by atoms with Crippen molar-refractivity contribution in [1.29, 1.82) is 0 Å². The number of aliphatic hydroxyl groups excluding tert-OH is 1. The Hall–Kier alpha value is -0.380. The van der Waals surface area contributed by atoms with E-state index in [1.54, 1.807) is 11.3 Å². The number of thiophene rings is 1. The molecular formula is C9H13NOS. The van der Waals surface area contributed by atoms with E-state index < -0.39 is 0 Å². The zero-order valence-electron chi connectivity index (χ0n) is 7.08. The minimum absolute atomic E-state index is 0.195. The van der Waals surface area contributed by atoms with Crippen LogP contribution in [0.2, 0.25) is 0 Å². The summed E-state index contributed by atoms with van der Waals surface area (Å²) < 4.78 is 0. The van der Waals surface area contributed by atoms with Gasteiger partial charge in [-0.25, -0.2) is 0 Å². The number of rotatable bonds is 1. The summed E-state index contributed by atoms with van der Waals surface area (Å²) in [5.74, 6) is 0.315. The van der Waals surface area contributed by atoms with Crippen LogP contribution >= 0.6 is 11.3 Å². The van der Waals surface area contributed by atoms with E-state index in [1.807, 2.05) is 0 Å². The van der Waals surface area contributed by atoms with Crippen LogP contribution in [-0.2, 0) is 0 Å². The summed E-state index contributed by atoms with van der Waals surface area (Å²) in [5, 5.41) is 14.9. The fourth-order valence-electron chi connectivity index (χ4n) is 1.66. The van der Waals surface area contributed by atoms with Gasteiger partial charge in [-0.2, -0.15) is 0 Å². The van der Waals surface area contributed by atoms with Crippen LogP contribution < -0.4 is 5.32 Å². The van der Waals surface area contributed by atoms with Crippen molar-refractivity contribution in [2.24, 2.45) is 0 Å². The number of β-amino-alcohol motifs (C(OH)–C–C–N with tert-alkyl or cyclic N) is 1. The summed E-state index contributed by atoms with van der Waals surface area (Å²) in [6.45, 7) is 3.75. The smallest absolute Gasteiger partial charge is 0.0745 e. The lowest BCUT2D eigenvalue weighted by atomic mass is 9.99. The molecule has 1 saturated heterocycles. The second-order valence-electron chi connectivity index (χ2n) is 3.32. The molecule has 1 aliphatic rings. The third kappa shape index (κ3) is 1.40. The molecule has 0 radical (unpaired) electrons. The summed E-state index contributed by atoms with van der Waals surface area (Å²) in [6.07, 6.45) is -0.195. The molecule has 12 heavy (non-hydrogen) atoms. The van der Waals surface area contributed by atoms with E-state index in [4.69, 9.17) is 0 Å². The van der Waals surface area contributed by atoms with Gasteiger partial charge in [0.2, 0.25) is 0 Å². The van der Waals surface area contributed by atoms with Gasteiger partial charge in [-0.05, 0) is 23.9 Å². The van der Waals surface area contributed by atoms with E-state index in [2.05, 4.69) is 23.7 Å². The molecule has 1 fully saturated rings. The van der Waals surface area contributed by atoms with Gasteiger partial charge in [0.15, 0.2) is 0 Å². The van der Waals surface area contributed by atoms with E-state index in [0.29, 0.717) is 5.92 Å². The Morgan fingerprint density at radius 2 is 2.42 bits per heavy atom. The molecule has 1 aliphatic heterocycles. The van der Waals surface area contributed by atoms with Crippen LogP contribution in [-0.4, -0.2) is 24.3 Å². The molecule has 0 bridgehead atoms. The third-order valence-electron chi connectivity index (χ3n) is 2.36. The van der Waals surface area contributed by atoms with Crippen molar-refractivity contribution in [3.05, 3.63) is 21.9 Å². The minimum Gasteiger partial charge on any atom is -0.391 e. The van der Waals surface area contributed by atoms with Crippen molar-refractivity contribution in [3.8, 4) is 0 Å². The normalized spacial score (nSPS) is 29.5. The van der Waals surface area contributed by atoms with Crippen LogP contribution in [0.5, 0.6) is 0 Å². The van der Waals surface area contributed by atoms with Crippen molar-refractivity contribution in [1.82, 2.24) is 5.32 Å². The monoisotopic (exact) mass is 183 g/mol. The molecule has 66 valence electrons. The Kier molecular flexibility index (Phi) is 2.17. The van der Waals surface area contributed by atoms with E-state index in [-0.39, 0.29) is 6.10 Å². The highest BCUT2D eigenvalue weighted by Crippen LogP contribution is 2.26. The van der Waals surface area contributed by atoms with Crippen molar-refractivity contribution in [3.63, 3.8) is 0 Å². The lowest BCUT2D eigenvalue weighted by Crippen LogP contribution is -2.15. The molecule has 0 aliphatic carbocycles. The van der Waals surface area contributed by atoms with Gasteiger partial charge in [0.05, 0.1) is 6.10 Å². The molecule has 0 spiro atoms. The molecule has 0 aromatic carbocycles. The zero-order valence-corrected chi connectivity index (χ0v) is 7.90. The van der Waals surface area contributed by atoms with Crippen LogP contribution in [0.15, 0.2) is 11.4 Å². The van der Waals surface area contributed by atoms with Crippen molar-refractivity contribution < 1.29 is 5.11 Å². The number of hydrogen-bond acceptors (Lipinski definition) is 3. The maximum Gasteiger partial charge on any atom is 0.0745 e. The first-order valence-corrected chi connectivity index (χ1v) is 5.09. The average Bonchev–Trinajstić information content (AvgIpc) is 2.58. The van der Waals surface area contributed by atoms with Gasteiger partial charge in [-0.1, -0.05) is 0 Å². The van der Waals surface area contributed by atoms with Gasteiger partial charge < -0.3 is 10.4 Å². The van der Waals surface area contributed by atoms with Gasteiger partial charge >= 0.3 is 0 Å². The molecule has 2 heterocycles. The van der Waals surface area contributed by atoms with Gasteiger partial charge in [-0.3, -0.25) is 0 Å². The largest absolute Gasteiger partial charge is 0.391 e. The molecule has 2 nitrogen and oxygen atoms in total. The molecule has 3 heteroatoms. The molecule has 2 N–H and O–H groups in total. The van der Waals surface area contributed by atoms with E-state index in [0.717, 1.165) is 13.1 Å². The Morgan fingerprint density at radius 1 is 1.58 bits per heavy atom. The summed E-state index contributed by atoms with van der Waals surface area (Å²) in [6, 6.07) is 2.17. The Balaban J connectivity index is 2.19. The molecule has 2 rings (SSSR count). The van der Waals surface area contributed by atoms with Gasteiger partial charge in [0.1, 0.15) is 0 Å². The molecule has 0 amide bonds. The fourth-order valence-corrected chi connectivity index (χ4v) is 2.43. The molecular weight excluding hydrogens is 170 g/mol. The van der Waals surface area contributed by atoms with E-state index in [1.165, 1.54) is 10.4 Å². The summed E-state index contributed by atoms with van der Waals surface area (Å²) in [4.78, 5) is 1.32. The predicted molar refractivity (Wildman–Crippen MR) is 50.7 cm³/mol. The quantitative estimate of drug-likeness (QED) is 0.683. The van der Waals surface area contributed by atoms with E-state index in [9.17, 15) is 5.11 Å². The van der Waals surface area contributed by atoms with Crippen molar-refractivity contribution in [2.45, 2.75) is 18.9 Å². The molecule has 2 atom stereocenters. The highest BCUT2D eigenvalue weighted by Gasteiger charge is 2.26. The second kappa shape index (κ2) is 3.17. The first-order valence-electron chi connectivity index (χ1n) is 4.21. The first-order chi connectivity index (χ1) is 5.77. The summed E-state index contributed by atoms with van der Waals surface area (Å²) in [5.41, 5.74) is 1.29. The maximum absolute atomic E-state index is 9.59. The number of aryl methyl sites for hydroxylation is 1. The van der Waals surface area contributed by atoms with Gasteiger partial charge in [-0.15, -0.1) is 11.3 Å². The van der Waals surface area contributed by atoms with Crippen LogP contribution in [0.4, 0.5) is 0 Å². The topological polar surface area (TPSA) is 32.3 Å².